The topological polar surface area (TPSA) is 26.7 Å². The van der Waals surface area contributed by atoms with E-state index in [0.717, 1.165) is 12.5 Å². The van der Waals surface area contributed by atoms with Crippen molar-refractivity contribution in [3.63, 3.8) is 0 Å². The number of nitrogens with zero attached hydrogens (tertiary/aromatic N) is 2. The molecule has 1 N–H and O–H groups in total. The molecular weight excluding hydrogens is 212 g/mol. The fraction of sp³-hybridized carbons (Fsp3) is 1.00. The maximum Gasteiger partial charge on any atom is 0.0499 e. The molecule has 1 saturated carbocycles. The van der Waals surface area contributed by atoms with E-state index in [2.05, 4.69) is 23.8 Å². The highest BCUT2D eigenvalue weighted by Crippen LogP contribution is 2.39. The second-order valence-corrected chi connectivity index (χ2v) is 6.42. The minimum Gasteiger partial charge on any atom is -0.396 e. The van der Waals surface area contributed by atoms with Crippen LogP contribution in [0.2, 0.25) is 0 Å². The average Bonchev–Trinajstić information content (AvgIpc) is 2.35. The molecule has 0 aromatic rings. The van der Waals surface area contributed by atoms with Crippen molar-refractivity contribution in [3.8, 4) is 0 Å². The van der Waals surface area contributed by atoms with Gasteiger partial charge in [0.25, 0.3) is 0 Å². The van der Waals surface area contributed by atoms with Gasteiger partial charge in [-0.15, -0.1) is 0 Å². The lowest BCUT2D eigenvalue weighted by Gasteiger charge is -2.43. The van der Waals surface area contributed by atoms with Crippen LogP contribution in [-0.2, 0) is 0 Å². The number of aliphatic hydroxyl groups excluding tert-OH is 1. The summed E-state index contributed by atoms with van der Waals surface area (Å²) in [7, 11) is 2.20. The van der Waals surface area contributed by atoms with E-state index in [0.29, 0.717) is 6.61 Å². The van der Waals surface area contributed by atoms with Crippen LogP contribution in [0.4, 0.5) is 0 Å². The first-order chi connectivity index (χ1) is 8.13. The van der Waals surface area contributed by atoms with Crippen LogP contribution in [0.25, 0.3) is 0 Å². The van der Waals surface area contributed by atoms with E-state index in [1.807, 2.05) is 0 Å². The third-order valence-electron chi connectivity index (χ3n) is 4.83. The van der Waals surface area contributed by atoms with Crippen LogP contribution in [0.15, 0.2) is 0 Å². The number of hydrogen-bond acceptors (Lipinski definition) is 3. The number of hydrogen-bond donors (Lipinski definition) is 1. The highest BCUT2D eigenvalue weighted by Gasteiger charge is 2.35. The van der Waals surface area contributed by atoms with Crippen molar-refractivity contribution in [1.29, 1.82) is 0 Å². The van der Waals surface area contributed by atoms with Gasteiger partial charge in [-0.05, 0) is 25.8 Å². The number of rotatable bonds is 3. The molecule has 1 aliphatic heterocycles. The third-order valence-corrected chi connectivity index (χ3v) is 4.83. The standard InChI is InChI=1S/C14H28N2O/c1-13-3-5-14(12-17,6-4-13)11-16-9-7-15(2)8-10-16/h13,17H,3-12H2,1-2H3. The largest absolute Gasteiger partial charge is 0.396 e. The quantitative estimate of drug-likeness (QED) is 0.808. The minimum absolute atomic E-state index is 0.211. The van der Waals surface area contributed by atoms with Crippen LogP contribution in [0, 0.1) is 11.3 Å². The lowest BCUT2D eigenvalue weighted by atomic mass is 9.71. The third kappa shape index (κ3) is 3.43. The first-order valence-electron chi connectivity index (χ1n) is 7.15. The van der Waals surface area contributed by atoms with Gasteiger partial charge in [0.15, 0.2) is 0 Å². The van der Waals surface area contributed by atoms with Gasteiger partial charge in [0, 0.05) is 44.7 Å². The Morgan fingerprint density at radius 1 is 1.12 bits per heavy atom. The molecule has 0 unspecified atom stereocenters. The van der Waals surface area contributed by atoms with E-state index in [1.165, 1.54) is 51.9 Å². The molecule has 1 aliphatic carbocycles. The Kier molecular flexibility index (Phi) is 4.45. The molecule has 0 atom stereocenters. The molecule has 0 aromatic carbocycles. The van der Waals surface area contributed by atoms with E-state index < -0.39 is 0 Å². The van der Waals surface area contributed by atoms with E-state index in [4.69, 9.17) is 0 Å². The van der Waals surface area contributed by atoms with E-state index in [9.17, 15) is 5.11 Å². The van der Waals surface area contributed by atoms with Gasteiger partial charge < -0.3 is 14.9 Å². The fourth-order valence-electron chi connectivity index (χ4n) is 3.22. The number of likely N-dealkylation sites (N-methyl/N-ethyl adjacent to an activating group) is 1. The number of aliphatic hydroxyl groups is 1. The molecule has 0 aromatic heterocycles. The zero-order chi connectivity index (χ0) is 12.3. The van der Waals surface area contributed by atoms with E-state index in [-0.39, 0.29) is 5.41 Å². The Morgan fingerprint density at radius 3 is 2.24 bits per heavy atom. The Morgan fingerprint density at radius 2 is 1.71 bits per heavy atom. The van der Waals surface area contributed by atoms with Crippen LogP contribution >= 0.6 is 0 Å². The molecule has 17 heavy (non-hydrogen) atoms. The molecule has 3 nitrogen and oxygen atoms in total. The van der Waals surface area contributed by atoms with Gasteiger partial charge in [-0.3, -0.25) is 0 Å². The van der Waals surface area contributed by atoms with Crippen molar-refractivity contribution < 1.29 is 5.11 Å². The van der Waals surface area contributed by atoms with Gasteiger partial charge in [0.1, 0.15) is 0 Å². The summed E-state index contributed by atoms with van der Waals surface area (Å²) < 4.78 is 0. The summed E-state index contributed by atoms with van der Waals surface area (Å²) in [5.41, 5.74) is 0.211. The SMILES string of the molecule is CC1CCC(CO)(CN2CCN(C)CC2)CC1. The lowest BCUT2D eigenvalue weighted by molar-refractivity contribution is 0.0160. The van der Waals surface area contributed by atoms with E-state index >= 15 is 0 Å². The van der Waals surface area contributed by atoms with Crippen molar-refractivity contribution in [2.75, 3.05) is 46.4 Å². The van der Waals surface area contributed by atoms with Crippen LogP contribution < -0.4 is 0 Å². The smallest absolute Gasteiger partial charge is 0.0499 e. The zero-order valence-electron chi connectivity index (χ0n) is 11.5. The Balaban J connectivity index is 1.86. The molecule has 0 bridgehead atoms. The molecule has 2 fully saturated rings. The van der Waals surface area contributed by atoms with Crippen molar-refractivity contribution in [2.45, 2.75) is 32.6 Å². The Labute approximate surface area is 106 Å². The average molecular weight is 240 g/mol. The molecule has 100 valence electrons. The summed E-state index contributed by atoms with van der Waals surface area (Å²) in [4.78, 5) is 4.96. The van der Waals surface area contributed by atoms with Crippen molar-refractivity contribution >= 4 is 0 Å². The van der Waals surface area contributed by atoms with Gasteiger partial charge in [0.05, 0.1) is 0 Å². The normalized spacial score (nSPS) is 37.2. The molecule has 3 heteroatoms. The lowest BCUT2D eigenvalue weighted by Crippen LogP contribution is -2.50. The molecule has 0 spiro atoms. The maximum absolute atomic E-state index is 9.77. The van der Waals surface area contributed by atoms with Gasteiger partial charge in [-0.25, -0.2) is 0 Å². The predicted molar refractivity (Wildman–Crippen MR) is 71.1 cm³/mol. The second-order valence-electron chi connectivity index (χ2n) is 6.42. The summed E-state index contributed by atoms with van der Waals surface area (Å²) >= 11 is 0. The zero-order valence-corrected chi connectivity index (χ0v) is 11.5. The monoisotopic (exact) mass is 240 g/mol. The highest BCUT2D eigenvalue weighted by atomic mass is 16.3. The second kappa shape index (κ2) is 5.68. The maximum atomic E-state index is 9.77. The summed E-state index contributed by atoms with van der Waals surface area (Å²) in [6, 6.07) is 0. The molecule has 1 saturated heterocycles. The molecule has 2 rings (SSSR count). The van der Waals surface area contributed by atoms with Gasteiger partial charge >= 0.3 is 0 Å². The Bertz CT molecular complexity index is 228. The van der Waals surface area contributed by atoms with Crippen molar-refractivity contribution in [1.82, 2.24) is 9.80 Å². The Hall–Kier alpha value is -0.120. The van der Waals surface area contributed by atoms with Crippen molar-refractivity contribution in [2.24, 2.45) is 11.3 Å². The summed E-state index contributed by atoms with van der Waals surface area (Å²) in [5, 5.41) is 9.77. The first kappa shape index (κ1) is 13.3. The number of piperazine rings is 1. The van der Waals surface area contributed by atoms with Crippen LogP contribution in [0.3, 0.4) is 0 Å². The molecule has 0 amide bonds. The summed E-state index contributed by atoms with van der Waals surface area (Å²) in [5.74, 6) is 0.863. The first-order valence-corrected chi connectivity index (χ1v) is 7.15. The molecule has 0 radical (unpaired) electrons. The molecular formula is C14H28N2O. The minimum atomic E-state index is 0.211. The van der Waals surface area contributed by atoms with Crippen LogP contribution in [0.1, 0.15) is 32.6 Å². The van der Waals surface area contributed by atoms with E-state index in [1.54, 1.807) is 0 Å². The summed E-state index contributed by atoms with van der Waals surface area (Å²) in [6.07, 6.45) is 5.04. The van der Waals surface area contributed by atoms with Crippen LogP contribution in [0.5, 0.6) is 0 Å². The molecule has 1 heterocycles. The van der Waals surface area contributed by atoms with Crippen LogP contribution in [-0.4, -0.2) is 61.3 Å². The van der Waals surface area contributed by atoms with Crippen molar-refractivity contribution in [3.05, 3.63) is 0 Å². The molecule has 2 aliphatic rings. The highest BCUT2D eigenvalue weighted by molar-refractivity contribution is 4.88. The summed E-state index contributed by atoms with van der Waals surface area (Å²) in [6.45, 7) is 8.55. The predicted octanol–water partition coefficient (Wildman–Crippen LogP) is 1.42. The fourth-order valence-corrected chi connectivity index (χ4v) is 3.22. The van der Waals surface area contributed by atoms with Gasteiger partial charge in [0.2, 0.25) is 0 Å². The van der Waals surface area contributed by atoms with Gasteiger partial charge in [-0.1, -0.05) is 19.8 Å². The van der Waals surface area contributed by atoms with Gasteiger partial charge in [-0.2, -0.15) is 0 Å².